The zero-order valence-electron chi connectivity index (χ0n) is 21.5. The van der Waals surface area contributed by atoms with Gasteiger partial charge in [-0.25, -0.2) is 19.0 Å². The van der Waals surface area contributed by atoms with Gasteiger partial charge in [-0.05, 0) is 68.4 Å². The molecule has 1 fully saturated rings. The molecule has 0 spiro atoms. The number of methoxy groups -OCH3 is 1. The summed E-state index contributed by atoms with van der Waals surface area (Å²) in [4.78, 5) is 26.6. The molecule has 2 aromatic heterocycles. The zero-order valence-corrected chi connectivity index (χ0v) is 22.3. The molecule has 0 bridgehead atoms. The van der Waals surface area contributed by atoms with Crippen LogP contribution in [-0.4, -0.2) is 69.1 Å². The fourth-order valence-corrected chi connectivity index (χ4v) is 5.33. The largest absolute Gasteiger partial charge is 0.497 e. The number of thioether (sulfide) groups is 1. The Bertz CT molecular complexity index is 1400. The van der Waals surface area contributed by atoms with Crippen molar-refractivity contribution in [1.29, 1.82) is 0 Å². The summed E-state index contributed by atoms with van der Waals surface area (Å²) in [7, 11) is 1.61. The Hall–Kier alpha value is -3.99. The van der Waals surface area contributed by atoms with Crippen molar-refractivity contribution >= 4 is 23.4 Å². The van der Waals surface area contributed by atoms with E-state index in [9.17, 15) is 9.18 Å². The average molecular weight is 534 g/mol. The smallest absolute Gasteiger partial charge is 0.276 e. The third kappa shape index (κ3) is 5.62. The average Bonchev–Trinajstić information content (AvgIpc) is 3.35. The van der Waals surface area contributed by atoms with Gasteiger partial charge in [-0.3, -0.25) is 4.79 Å². The molecular weight excluding hydrogens is 505 g/mol. The highest BCUT2D eigenvalue weighted by atomic mass is 32.2. The maximum Gasteiger partial charge on any atom is 0.276 e. The van der Waals surface area contributed by atoms with Gasteiger partial charge in [0.2, 0.25) is 0 Å². The first-order chi connectivity index (χ1) is 18.4. The predicted octanol–water partition coefficient (Wildman–Crippen LogP) is 4.08. The van der Waals surface area contributed by atoms with Gasteiger partial charge >= 0.3 is 0 Å². The second-order valence-corrected chi connectivity index (χ2v) is 9.91. The lowest BCUT2D eigenvalue weighted by atomic mass is 10.2. The number of ether oxygens (including phenoxy) is 1. The molecule has 1 amide bonds. The van der Waals surface area contributed by atoms with Gasteiger partial charge in [-0.15, -0.1) is 5.10 Å². The second-order valence-electron chi connectivity index (χ2n) is 8.97. The molecule has 9 nitrogen and oxygen atoms in total. The van der Waals surface area contributed by atoms with E-state index in [1.165, 1.54) is 23.9 Å². The van der Waals surface area contributed by atoms with Crippen LogP contribution in [-0.2, 0) is 5.75 Å². The third-order valence-electron chi connectivity index (χ3n) is 6.34. The van der Waals surface area contributed by atoms with Crippen molar-refractivity contribution in [2.24, 2.45) is 0 Å². The Morgan fingerprint density at radius 1 is 0.947 bits per heavy atom. The standard InChI is InChI=1S/C27H28FN7O2S/c1-18-16-19(2)30-27(29-18)38-17-24-25(31-32-35(24)22-8-10-23(37-3)11-9-22)26(36)34-14-12-33(13-15-34)21-6-4-20(28)5-7-21/h4-11,16H,12-15,17H2,1-3H3. The van der Waals surface area contributed by atoms with Crippen molar-refractivity contribution in [2.75, 3.05) is 38.2 Å². The maximum absolute atomic E-state index is 13.7. The summed E-state index contributed by atoms with van der Waals surface area (Å²) in [5.41, 5.74) is 4.47. The molecule has 1 aliphatic rings. The Labute approximate surface area is 224 Å². The zero-order chi connectivity index (χ0) is 26.6. The number of benzene rings is 2. The van der Waals surface area contributed by atoms with Gasteiger partial charge in [0.15, 0.2) is 10.9 Å². The number of aromatic nitrogens is 5. The van der Waals surface area contributed by atoms with E-state index in [-0.39, 0.29) is 11.7 Å². The van der Waals surface area contributed by atoms with Crippen LogP contribution in [0.15, 0.2) is 59.8 Å². The van der Waals surface area contributed by atoms with Crippen molar-refractivity contribution in [3.05, 3.63) is 83.2 Å². The van der Waals surface area contributed by atoms with E-state index in [1.54, 1.807) is 28.8 Å². The van der Waals surface area contributed by atoms with Crippen molar-refractivity contribution in [2.45, 2.75) is 24.8 Å². The first-order valence-corrected chi connectivity index (χ1v) is 13.2. The lowest BCUT2D eigenvalue weighted by Crippen LogP contribution is -2.49. The summed E-state index contributed by atoms with van der Waals surface area (Å²) in [6, 6.07) is 15.8. The summed E-state index contributed by atoms with van der Waals surface area (Å²) in [6.45, 7) is 6.20. The summed E-state index contributed by atoms with van der Waals surface area (Å²) in [5.74, 6) is 0.710. The van der Waals surface area contributed by atoms with Gasteiger partial charge in [0.1, 0.15) is 11.6 Å². The molecular formula is C27H28FN7O2S. The van der Waals surface area contributed by atoms with Crippen LogP contribution in [0.2, 0.25) is 0 Å². The first-order valence-electron chi connectivity index (χ1n) is 12.2. The Morgan fingerprint density at radius 2 is 1.58 bits per heavy atom. The molecule has 1 saturated heterocycles. The normalized spacial score (nSPS) is 13.6. The molecule has 5 rings (SSSR count). The third-order valence-corrected chi connectivity index (χ3v) is 7.20. The van der Waals surface area contributed by atoms with Crippen molar-refractivity contribution in [3.8, 4) is 11.4 Å². The van der Waals surface area contributed by atoms with Crippen molar-refractivity contribution in [3.63, 3.8) is 0 Å². The van der Waals surface area contributed by atoms with Crippen LogP contribution in [0, 0.1) is 19.7 Å². The second kappa shape index (κ2) is 11.2. The molecule has 2 aromatic carbocycles. The summed E-state index contributed by atoms with van der Waals surface area (Å²) in [6.07, 6.45) is 0. The number of anilines is 1. The molecule has 196 valence electrons. The minimum Gasteiger partial charge on any atom is -0.497 e. The van der Waals surface area contributed by atoms with E-state index in [4.69, 9.17) is 4.74 Å². The molecule has 0 radical (unpaired) electrons. The van der Waals surface area contributed by atoms with E-state index in [0.29, 0.717) is 48.5 Å². The van der Waals surface area contributed by atoms with Gasteiger partial charge in [-0.1, -0.05) is 17.0 Å². The molecule has 3 heterocycles. The monoisotopic (exact) mass is 533 g/mol. The molecule has 0 N–H and O–H groups in total. The Morgan fingerprint density at radius 3 is 2.21 bits per heavy atom. The quantitative estimate of drug-likeness (QED) is 0.259. The SMILES string of the molecule is COc1ccc(-n2nnc(C(=O)N3CCN(c4ccc(F)cc4)CC3)c2CSc2nc(C)cc(C)n2)cc1. The fraction of sp³-hybridized carbons (Fsp3) is 0.296. The van der Waals surface area contributed by atoms with Crippen LogP contribution in [0.1, 0.15) is 27.6 Å². The molecule has 0 saturated carbocycles. The molecule has 1 aliphatic heterocycles. The highest BCUT2D eigenvalue weighted by molar-refractivity contribution is 7.98. The van der Waals surface area contributed by atoms with E-state index in [2.05, 4.69) is 25.2 Å². The lowest BCUT2D eigenvalue weighted by molar-refractivity contribution is 0.0740. The number of carbonyl (C=O) groups excluding carboxylic acids is 1. The molecule has 0 atom stereocenters. The van der Waals surface area contributed by atoms with Crippen LogP contribution in [0.5, 0.6) is 5.75 Å². The van der Waals surface area contributed by atoms with Gasteiger partial charge in [0.05, 0.1) is 18.5 Å². The summed E-state index contributed by atoms with van der Waals surface area (Å²) in [5, 5.41) is 9.32. The Kier molecular flexibility index (Phi) is 7.54. The van der Waals surface area contributed by atoms with E-state index in [1.807, 2.05) is 44.2 Å². The van der Waals surface area contributed by atoms with Gasteiger partial charge in [0.25, 0.3) is 5.91 Å². The van der Waals surface area contributed by atoms with Crippen LogP contribution in [0.4, 0.5) is 10.1 Å². The summed E-state index contributed by atoms with van der Waals surface area (Å²) >= 11 is 1.44. The van der Waals surface area contributed by atoms with E-state index < -0.39 is 0 Å². The minimum absolute atomic E-state index is 0.166. The van der Waals surface area contributed by atoms with Gasteiger partial charge in [-0.2, -0.15) is 0 Å². The molecule has 0 unspecified atom stereocenters. The number of halogens is 1. The number of nitrogens with zero attached hydrogens (tertiary/aromatic N) is 7. The number of aryl methyl sites for hydroxylation is 2. The highest BCUT2D eigenvalue weighted by Gasteiger charge is 2.28. The number of hydrogen-bond acceptors (Lipinski definition) is 8. The number of rotatable bonds is 7. The topological polar surface area (TPSA) is 89.3 Å². The van der Waals surface area contributed by atoms with Crippen molar-refractivity contribution in [1.82, 2.24) is 29.9 Å². The highest BCUT2D eigenvalue weighted by Crippen LogP contribution is 2.26. The number of piperazine rings is 1. The number of amides is 1. The summed E-state index contributed by atoms with van der Waals surface area (Å²) < 4.78 is 20.3. The van der Waals surface area contributed by atoms with E-state index in [0.717, 1.165) is 28.5 Å². The molecule has 11 heteroatoms. The molecule has 0 aliphatic carbocycles. The maximum atomic E-state index is 13.7. The Balaban J connectivity index is 1.38. The van der Waals surface area contributed by atoms with E-state index >= 15 is 0 Å². The van der Waals surface area contributed by atoms with Crippen LogP contribution < -0.4 is 9.64 Å². The van der Waals surface area contributed by atoms with Crippen LogP contribution in [0.3, 0.4) is 0 Å². The lowest BCUT2D eigenvalue weighted by Gasteiger charge is -2.35. The van der Waals surface area contributed by atoms with Gasteiger partial charge in [0, 0.05) is 49.0 Å². The predicted molar refractivity (Wildman–Crippen MR) is 143 cm³/mol. The number of carbonyl (C=O) groups is 1. The van der Waals surface area contributed by atoms with Crippen LogP contribution >= 0.6 is 11.8 Å². The molecule has 38 heavy (non-hydrogen) atoms. The van der Waals surface area contributed by atoms with Gasteiger partial charge < -0.3 is 14.5 Å². The van der Waals surface area contributed by atoms with Crippen molar-refractivity contribution < 1.29 is 13.9 Å². The number of hydrogen-bond donors (Lipinski definition) is 0. The first kappa shape index (κ1) is 25.7. The fourth-order valence-electron chi connectivity index (χ4n) is 4.39. The van der Waals surface area contributed by atoms with Crippen LogP contribution in [0.25, 0.3) is 5.69 Å². The molecule has 4 aromatic rings. The minimum atomic E-state index is -0.265.